The Balaban J connectivity index is 0.000000768. The number of piperidine rings is 2. The minimum Gasteiger partial charge on any atom is -0.379 e. The maximum Gasteiger partial charge on any atom is 0.223 e. The minimum absolute atomic E-state index is 0. The van der Waals surface area contributed by atoms with Gasteiger partial charge in [0, 0.05) is 66.7 Å². The molecule has 2 amide bonds. The van der Waals surface area contributed by atoms with Crippen molar-refractivity contribution in [2.45, 2.75) is 225 Å². The lowest BCUT2D eigenvalue weighted by Crippen LogP contribution is -2.47. The summed E-state index contributed by atoms with van der Waals surface area (Å²) in [7, 11) is 0. The third kappa shape index (κ3) is 22.2. The number of ether oxygens (including phenoxy) is 1. The highest BCUT2D eigenvalue weighted by molar-refractivity contribution is 5.81. The average molecular weight is 929 g/mol. The van der Waals surface area contributed by atoms with Gasteiger partial charge in [-0.05, 0) is 192 Å². The topological polar surface area (TPSA) is 83.6 Å². The fraction of sp³-hybridized carbons (Fsp3) is 0.821. The number of fused-ring (bicyclic) bond motifs is 1. The van der Waals surface area contributed by atoms with E-state index in [1.165, 1.54) is 64.0 Å². The molecule has 0 radical (unpaired) electrons. The van der Waals surface area contributed by atoms with Gasteiger partial charge in [-0.2, -0.15) is 0 Å². The van der Waals surface area contributed by atoms with Crippen molar-refractivity contribution in [3.63, 3.8) is 0 Å². The highest BCUT2D eigenvalue weighted by atomic mass is 16.5. The van der Waals surface area contributed by atoms with Crippen LogP contribution < -0.4 is 15.5 Å². The van der Waals surface area contributed by atoms with Gasteiger partial charge < -0.3 is 30.1 Å². The summed E-state index contributed by atoms with van der Waals surface area (Å²) in [5.41, 5.74) is 3.75. The summed E-state index contributed by atoms with van der Waals surface area (Å²) in [5, 5.41) is 6.67. The predicted octanol–water partition coefficient (Wildman–Crippen LogP) is 12.7. The SMILES string of the molecule is C.C.C=C1Nc2ccccc2N1C(C)(C)C.CC(C)(C)C1CCNCC1.CC(C)(C)N1CCCC1=O.CC(C)(C)N1CCCC1=O.CC(C)(C)N1CCCCC1.CC(C)(C)N1CCOCC1. The molecule has 0 atom stereocenters. The first kappa shape index (κ1) is 63.3. The molecule has 5 saturated heterocycles. The Morgan fingerprint density at radius 1 is 0.545 bits per heavy atom. The lowest BCUT2D eigenvalue weighted by molar-refractivity contribution is -0.132. The second-order valence-corrected chi connectivity index (χ2v) is 24.6. The molecule has 6 aliphatic rings. The van der Waals surface area contributed by atoms with Crippen molar-refractivity contribution in [1.29, 1.82) is 0 Å². The first-order valence-corrected chi connectivity index (χ1v) is 25.1. The van der Waals surface area contributed by atoms with E-state index in [1.54, 1.807) is 0 Å². The van der Waals surface area contributed by atoms with E-state index in [9.17, 15) is 9.59 Å². The van der Waals surface area contributed by atoms with E-state index >= 15 is 0 Å². The fourth-order valence-electron chi connectivity index (χ4n) is 9.10. The van der Waals surface area contributed by atoms with Crippen molar-refractivity contribution in [2.75, 3.05) is 75.8 Å². The standard InChI is InChI=1S/C12H16N2.2C9H19N.C8H17NO.2C8H15NO.2CH4/c1-9-13-10-7-5-6-8-11(10)14(9)12(2,3)4;1-9(2,3)8-4-6-10-7-5-8;1-9(2,3)10-7-5-4-6-8-10;1-8(2,3)9-4-6-10-7-5-9;2*1-8(2,3)9-6-4-5-7(9)10;;/h5-8,13H,1H2,2-4H3;8,10H,4-7H2,1-3H3;4-8H2,1-3H3;4-7H2,1-3H3;2*4-6H2,1-3H3;2*1H4. The molecule has 0 aromatic heterocycles. The van der Waals surface area contributed by atoms with Crippen LogP contribution in [-0.2, 0) is 14.3 Å². The highest BCUT2D eigenvalue weighted by Gasteiger charge is 2.32. The van der Waals surface area contributed by atoms with E-state index in [-0.39, 0.29) is 31.5 Å². The van der Waals surface area contributed by atoms with Crippen molar-refractivity contribution in [2.24, 2.45) is 11.3 Å². The van der Waals surface area contributed by atoms with Crippen LogP contribution in [0.5, 0.6) is 0 Å². The maximum atomic E-state index is 11.1. The van der Waals surface area contributed by atoms with Crippen LogP contribution in [0.25, 0.3) is 0 Å². The Bertz CT molecular complexity index is 1430. The number of anilines is 2. The fourth-order valence-corrected chi connectivity index (χ4v) is 9.10. The van der Waals surface area contributed by atoms with Gasteiger partial charge in [0.2, 0.25) is 11.8 Å². The van der Waals surface area contributed by atoms with Gasteiger partial charge in [-0.25, -0.2) is 0 Å². The van der Waals surface area contributed by atoms with Crippen LogP contribution in [0.15, 0.2) is 36.7 Å². The van der Waals surface area contributed by atoms with Crippen molar-refractivity contribution >= 4 is 23.2 Å². The number of benzene rings is 1. The molecule has 1 aromatic rings. The van der Waals surface area contributed by atoms with Crippen LogP contribution in [0.3, 0.4) is 0 Å². The Kier molecular flexibility index (Phi) is 26.4. The Hall–Kier alpha value is -2.66. The van der Waals surface area contributed by atoms with Crippen LogP contribution in [0.4, 0.5) is 11.4 Å². The van der Waals surface area contributed by atoms with Gasteiger partial charge >= 0.3 is 0 Å². The molecule has 0 spiro atoms. The lowest BCUT2D eigenvalue weighted by atomic mass is 9.76. The number of hydrogen-bond donors (Lipinski definition) is 2. The van der Waals surface area contributed by atoms with E-state index in [1.807, 2.05) is 15.9 Å². The van der Waals surface area contributed by atoms with Gasteiger partial charge in [0.25, 0.3) is 0 Å². The maximum absolute atomic E-state index is 11.1. The third-order valence-electron chi connectivity index (χ3n) is 13.0. The molecule has 6 aliphatic heterocycles. The van der Waals surface area contributed by atoms with Gasteiger partial charge in [0.1, 0.15) is 5.82 Å². The Morgan fingerprint density at radius 3 is 1.27 bits per heavy atom. The number of carbonyl (C=O) groups is 2. The number of rotatable bonds is 0. The molecule has 2 N–H and O–H groups in total. The zero-order chi connectivity index (χ0) is 48.7. The summed E-state index contributed by atoms with van der Waals surface area (Å²) in [6.07, 6.45) is 10.5. The van der Waals surface area contributed by atoms with Crippen LogP contribution in [0.2, 0.25) is 0 Å². The summed E-state index contributed by atoms with van der Waals surface area (Å²) >= 11 is 0. The molecule has 10 nitrogen and oxygen atoms in total. The van der Waals surface area contributed by atoms with E-state index in [4.69, 9.17) is 4.74 Å². The van der Waals surface area contributed by atoms with E-state index in [0.29, 0.717) is 28.3 Å². The van der Waals surface area contributed by atoms with Gasteiger partial charge in [-0.1, -0.05) is 60.8 Å². The van der Waals surface area contributed by atoms with Gasteiger partial charge in [0.05, 0.1) is 24.6 Å². The van der Waals surface area contributed by atoms with E-state index < -0.39 is 0 Å². The molecule has 7 rings (SSSR count). The summed E-state index contributed by atoms with van der Waals surface area (Å²) in [5.74, 6) is 2.52. The average Bonchev–Trinajstić information content (AvgIpc) is 3.93. The minimum atomic E-state index is 0. The van der Waals surface area contributed by atoms with Crippen LogP contribution in [0.1, 0.15) is 197 Å². The zero-order valence-electron chi connectivity index (χ0n) is 45.0. The Labute approximate surface area is 409 Å². The molecule has 66 heavy (non-hydrogen) atoms. The summed E-state index contributed by atoms with van der Waals surface area (Å²) < 4.78 is 5.25. The highest BCUT2D eigenvalue weighted by Crippen LogP contribution is 2.40. The van der Waals surface area contributed by atoms with E-state index in [2.05, 4.69) is 175 Å². The molecule has 0 bridgehead atoms. The first-order valence-electron chi connectivity index (χ1n) is 25.1. The number of hydrogen-bond acceptors (Lipinski definition) is 8. The third-order valence-corrected chi connectivity index (χ3v) is 13.0. The number of likely N-dealkylation sites (tertiary alicyclic amines) is 3. The number of nitrogens with one attached hydrogen (secondary N) is 2. The zero-order valence-corrected chi connectivity index (χ0v) is 45.0. The molecular formula is C56H109N7O3. The molecule has 386 valence electrons. The molecule has 0 unspecified atom stereocenters. The summed E-state index contributed by atoms with van der Waals surface area (Å²) in [6, 6.07) is 8.28. The molecular weight excluding hydrogens is 819 g/mol. The van der Waals surface area contributed by atoms with Gasteiger partial charge in [0.15, 0.2) is 0 Å². The first-order chi connectivity index (χ1) is 29.3. The Morgan fingerprint density at radius 2 is 0.970 bits per heavy atom. The predicted molar refractivity (Wildman–Crippen MR) is 289 cm³/mol. The van der Waals surface area contributed by atoms with E-state index in [0.717, 1.165) is 82.5 Å². The molecule has 0 aliphatic carbocycles. The summed E-state index contributed by atoms with van der Waals surface area (Å²) in [4.78, 5) is 33.5. The van der Waals surface area contributed by atoms with Crippen molar-refractivity contribution in [3.8, 4) is 0 Å². The number of morpholine rings is 1. The van der Waals surface area contributed by atoms with Crippen LogP contribution in [0, 0.1) is 11.3 Å². The molecule has 6 heterocycles. The molecule has 5 fully saturated rings. The van der Waals surface area contributed by atoms with Gasteiger partial charge in [-0.15, -0.1) is 0 Å². The largest absolute Gasteiger partial charge is 0.379 e. The monoisotopic (exact) mass is 928 g/mol. The van der Waals surface area contributed by atoms with Crippen molar-refractivity contribution in [3.05, 3.63) is 36.7 Å². The number of nitrogens with zero attached hydrogens (tertiary/aromatic N) is 5. The van der Waals surface area contributed by atoms with Crippen molar-refractivity contribution < 1.29 is 14.3 Å². The molecule has 10 heteroatoms. The normalized spacial score (nSPS) is 19.9. The molecule has 1 aromatic carbocycles. The van der Waals surface area contributed by atoms with Crippen LogP contribution in [-0.4, -0.2) is 125 Å². The smallest absolute Gasteiger partial charge is 0.223 e. The molecule has 0 saturated carbocycles. The quantitative estimate of drug-likeness (QED) is 0.266. The van der Waals surface area contributed by atoms with Crippen molar-refractivity contribution in [1.82, 2.24) is 24.9 Å². The van der Waals surface area contributed by atoms with Gasteiger partial charge in [-0.3, -0.25) is 19.4 Å². The van der Waals surface area contributed by atoms with Crippen LogP contribution >= 0.6 is 0 Å². The number of amides is 2. The summed E-state index contributed by atoms with van der Waals surface area (Å²) in [6.45, 7) is 54.7. The second-order valence-electron chi connectivity index (χ2n) is 24.6. The lowest BCUT2D eigenvalue weighted by Gasteiger charge is -2.38. The second kappa shape index (κ2) is 27.5. The number of para-hydroxylation sites is 2. The number of carbonyl (C=O) groups excluding carboxylic acids is 2.